The zero-order valence-electron chi connectivity index (χ0n) is 34.0. The molecular formula is C60H40N2. The average Bonchev–Trinajstić information content (AvgIpc) is 3.69. The van der Waals surface area contributed by atoms with E-state index in [2.05, 4.69) is 252 Å². The molecule has 12 rings (SSSR count). The van der Waals surface area contributed by atoms with E-state index in [4.69, 9.17) is 0 Å². The van der Waals surface area contributed by atoms with Crippen molar-refractivity contribution >= 4 is 71.2 Å². The van der Waals surface area contributed by atoms with Gasteiger partial charge in [0.05, 0.1) is 11.0 Å². The first-order valence-corrected chi connectivity index (χ1v) is 21.3. The Morgan fingerprint density at radius 2 is 0.823 bits per heavy atom. The molecular weight excluding hydrogens is 749 g/mol. The van der Waals surface area contributed by atoms with E-state index >= 15 is 0 Å². The Labute approximate surface area is 360 Å². The van der Waals surface area contributed by atoms with Crippen molar-refractivity contribution in [2.75, 3.05) is 4.90 Å². The fraction of sp³-hybridized carbons (Fsp3) is 0. The molecule has 0 aliphatic heterocycles. The summed E-state index contributed by atoms with van der Waals surface area (Å²) in [4.78, 5) is 2.42. The molecule has 1 aromatic heterocycles. The summed E-state index contributed by atoms with van der Waals surface area (Å²) in [6, 6.07) is 88.5. The molecule has 1 heterocycles. The highest BCUT2D eigenvalue weighted by Crippen LogP contribution is 2.47. The van der Waals surface area contributed by atoms with Crippen LogP contribution in [0.25, 0.3) is 93.2 Å². The Balaban J connectivity index is 1.08. The molecule has 290 valence electrons. The minimum atomic E-state index is 1.09. The first-order chi connectivity index (χ1) is 30.8. The van der Waals surface area contributed by atoms with Gasteiger partial charge in [-0.2, -0.15) is 0 Å². The van der Waals surface area contributed by atoms with Crippen molar-refractivity contribution in [2.45, 2.75) is 0 Å². The highest BCUT2D eigenvalue weighted by atomic mass is 15.1. The van der Waals surface area contributed by atoms with Crippen LogP contribution in [-0.4, -0.2) is 4.57 Å². The number of hydrogen-bond acceptors (Lipinski definition) is 1. The molecule has 2 heteroatoms. The lowest BCUT2D eigenvalue weighted by molar-refractivity contribution is 1.18. The third kappa shape index (κ3) is 5.88. The highest BCUT2D eigenvalue weighted by molar-refractivity contribution is 6.22. The number of rotatable bonds is 7. The normalized spacial score (nSPS) is 11.5. The highest BCUT2D eigenvalue weighted by Gasteiger charge is 2.21. The average molecular weight is 789 g/mol. The molecule has 0 amide bonds. The lowest BCUT2D eigenvalue weighted by Crippen LogP contribution is -2.10. The van der Waals surface area contributed by atoms with Gasteiger partial charge in [0.1, 0.15) is 0 Å². The SMILES string of the molecule is c1ccc(-c2c(-c3ccccc3)c3cc(N(c4ccc(-c5cccc6c5c5ccccc5n6-c5ccccc5)cc4)c4ccc5ccccc5c4)ccc3c3ccccc23)cc1. The summed E-state index contributed by atoms with van der Waals surface area (Å²) >= 11 is 0. The Hall–Kier alpha value is -8.20. The van der Waals surface area contributed by atoms with E-state index in [1.165, 1.54) is 87.5 Å². The third-order valence-corrected chi connectivity index (χ3v) is 12.5. The first-order valence-electron chi connectivity index (χ1n) is 21.3. The molecule has 0 unspecified atom stereocenters. The zero-order valence-corrected chi connectivity index (χ0v) is 34.0. The fourth-order valence-electron chi connectivity index (χ4n) is 9.80. The van der Waals surface area contributed by atoms with Crippen LogP contribution in [0.4, 0.5) is 17.1 Å². The minimum absolute atomic E-state index is 1.09. The van der Waals surface area contributed by atoms with E-state index < -0.39 is 0 Å². The van der Waals surface area contributed by atoms with Crippen LogP contribution in [0, 0.1) is 0 Å². The molecule has 62 heavy (non-hydrogen) atoms. The number of aromatic nitrogens is 1. The van der Waals surface area contributed by atoms with Gasteiger partial charge in [-0.15, -0.1) is 0 Å². The van der Waals surface area contributed by atoms with Crippen molar-refractivity contribution in [2.24, 2.45) is 0 Å². The van der Waals surface area contributed by atoms with Crippen molar-refractivity contribution < 1.29 is 0 Å². The lowest BCUT2D eigenvalue weighted by Gasteiger charge is -2.27. The van der Waals surface area contributed by atoms with E-state index in [1.807, 2.05) is 0 Å². The van der Waals surface area contributed by atoms with Crippen LogP contribution in [0.15, 0.2) is 243 Å². The minimum Gasteiger partial charge on any atom is -0.310 e. The monoisotopic (exact) mass is 788 g/mol. The largest absolute Gasteiger partial charge is 0.310 e. The topological polar surface area (TPSA) is 8.17 Å². The fourth-order valence-corrected chi connectivity index (χ4v) is 9.80. The van der Waals surface area contributed by atoms with Gasteiger partial charge in [0, 0.05) is 33.5 Å². The maximum absolute atomic E-state index is 2.42. The summed E-state index contributed by atoms with van der Waals surface area (Å²) in [5, 5.41) is 9.88. The third-order valence-electron chi connectivity index (χ3n) is 12.5. The van der Waals surface area contributed by atoms with E-state index in [-0.39, 0.29) is 0 Å². The van der Waals surface area contributed by atoms with Crippen LogP contribution in [0.3, 0.4) is 0 Å². The summed E-state index contributed by atoms with van der Waals surface area (Å²) < 4.78 is 2.39. The molecule has 0 fully saturated rings. The summed E-state index contributed by atoms with van der Waals surface area (Å²) in [5.74, 6) is 0. The van der Waals surface area contributed by atoms with Crippen molar-refractivity contribution in [1.82, 2.24) is 4.57 Å². The second-order valence-electron chi connectivity index (χ2n) is 16.1. The van der Waals surface area contributed by atoms with Crippen LogP contribution in [0.5, 0.6) is 0 Å². The Kier molecular flexibility index (Phi) is 8.53. The van der Waals surface area contributed by atoms with Crippen LogP contribution in [0.1, 0.15) is 0 Å². The van der Waals surface area contributed by atoms with Gasteiger partial charge in [-0.05, 0) is 126 Å². The predicted molar refractivity (Wildman–Crippen MR) is 264 cm³/mol. The second kappa shape index (κ2) is 14.8. The Morgan fingerprint density at radius 3 is 1.56 bits per heavy atom. The Bertz CT molecular complexity index is 3610. The molecule has 0 aliphatic rings. The zero-order chi connectivity index (χ0) is 41.0. The van der Waals surface area contributed by atoms with Crippen LogP contribution in [-0.2, 0) is 0 Å². The van der Waals surface area contributed by atoms with Crippen molar-refractivity contribution in [3.63, 3.8) is 0 Å². The number of benzene rings is 11. The molecule has 0 saturated heterocycles. The predicted octanol–water partition coefficient (Wildman–Crippen LogP) is 16.7. The summed E-state index contributed by atoms with van der Waals surface area (Å²) in [6.07, 6.45) is 0. The van der Waals surface area contributed by atoms with E-state index in [0.717, 1.165) is 22.7 Å². The maximum atomic E-state index is 2.42. The van der Waals surface area contributed by atoms with Crippen LogP contribution < -0.4 is 4.90 Å². The number of hydrogen-bond donors (Lipinski definition) is 0. The van der Waals surface area contributed by atoms with Gasteiger partial charge in [-0.25, -0.2) is 0 Å². The molecule has 0 bridgehead atoms. The summed E-state index contributed by atoms with van der Waals surface area (Å²) in [5.41, 5.74) is 14.1. The Morgan fingerprint density at radius 1 is 0.290 bits per heavy atom. The summed E-state index contributed by atoms with van der Waals surface area (Å²) in [7, 11) is 0. The number of para-hydroxylation sites is 2. The smallest absolute Gasteiger partial charge is 0.0547 e. The molecule has 0 spiro atoms. The van der Waals surface area contributed by atoms with Crippen LogP contribution in [0.2, 0.25) is 0 Å². The maximum Gasteiger partial charge on any atom is 0.0547 e. The van der Waals surface area contributed by atoms with Crippen molar-refractivity contribution in [1.29, 1.82) is 0 Å². The van der Waals surface area contributed by atoms with E-state index in [0.29, 0.717) is 0 Å². The second-order valence-corrected chi connectivity index (χ2v) is 16.1. The lowest BCUT2D eigenvalue weighted by atomic mass is 9.85. The van der Waals surface area contributed by atoms with Gasteiger partial charge in [-0.1, -0.05) is 182 Å². The van der Waals surface area contributed by atoms with Gasteiger partial charge in [0.15, 0.2) is 0 Å². The molecule has 0 radical (unpaired) electrons. The van der Waals surface area contributed by atoms with E-state index in [9.17, 15) is 0 Å². The molecule has 12 aromatic rings. The van der Waals surface area contributed by atoms with Crippen LogP contribution >= 0.6 is 0 Å². The number of nitrogens with zero attached hydrogens (tertiary/aromatic N) is 2. The van der Waals surface area contributed by atoms with Gasteiger partial charge in [0.25, 0.3) is 0 Å². The quantitative estimate of drug-likeness (QED) is 0.146. The van der Waals surface area contributed by atoms with Crippen molar-refractivity contribution in [3.05, 3.63) is 243 Å². The van der Waals surface area contributed by atoms with E-state index in [1.54, 1.807) is 0 Å². The number of fused-ring (bicyclic) bond motifs is 7. The van der Waals surface area contributed by atoms with Crippen molar-refractivity contribution in [3.8, 4) is 39.1 Å². The number of anilines is 3. The molecule has 0 atom stereocenters. The standard InChI is InChI=1S/C60H40N2/c1-4-18-43(19-5-1)58-53-26-13-12-25-51(53)52-38-37-49(40-55(52)59(58)44-20-6-2-7-21-44)61(48-36-31-41-17-10-11-22-45(41)39-48)47-34-32-42(33-35-47)50-28-16-30-57-60(50)54-27-14-15-29-56(54)62(57)46-23-8-3-9-24-46/h1-40H. The van der Waals surface area contributed by atoms with Gasteiger partial charge in [-0.3, -0.25) is 0 Å². The first kappa shape index (κ1) is 35.7. The summed E-state index contributed by atoms with van der Waals surface area (Å²) in [6.45, 7) is 0. The molecule has 0 aliphatic carbocycles. The van der Waals surface area contributed by atoms with Gasteiger partial charge in [0.2, 0.25) is 0 Å². The molecule has 0 N–H and O–H groups in total. The molecule has 2 nitrogen and oxygen atoms in total. The van der Waals surface area contributed by atoms with Gasteiger partial charge < -0.3 is 9.47 Å². The van der Waals surface area contributed by atoms with Gasteiger partial charge >= 0.3 is 0 Å². The molecule has 0 saturated carbocycles. The molecule has 11 aromatic carbocycles.